The first-order valence-electron chi connectivity index (χ1n) is 6.47. The predicted octanol–water partition coefficient (Wildman–Crippen LogP) is 1.18. The molecule has 0 aliphatic carbocycles. The molecule has 0 saturated heterocycles. The summed E-state index contributed by atoms with van der Waals surface area (Å²) in [5.41, 5.74) is 1.69. The number of hydrogen-bond donors (Lipinski definition) is 3. The molecular formula is C13H17ClN4O2S. The minimum Gasteiger partial charge on any atom is -0.345 e. The average molecular weight is 329 g/mol. The Kier molecular flexibility index (Phi) is 5.00. The van der Waals surface area contributed by atoms with E-state index in [-0.39, 0.29) is 17.3 Å². The van der Waals surface area contributed by atoms with Crippen molar-refractivity contribution in [3.63, 3.8) is 0 Å². The molecule has 2 aromatic rings. The molecule has 0 fully saturated rings. The number of halogens is 1. The summed E-state index contributed by atoms with van der Waals surface area (Å²) in [7, 11) is -3.53. The van der Waals surface area contributed by atoms with Gasteiger partial charge in [0.15, 0.2) is 0 Å². The van der Waals surface area contributed by atoms with Gasteiger partial charge < -0.3 is 10.3 Å². The van der Waals surface area contributed by atoms with Gasteiger partial charge in [0.05, 0.1) is 0 Å². The van der Waals surface area contributed by atoms with Gasteiger partial charge in [0, 0.05) is 30.9 Å². The summed E-state index contributed by atoms with van der Waals surface area (Å²) in [5.74, 6) is 0. The molecule has 0 radical (unpaired) electrons. The second-order valence-electron chi connectivity index (χ2n) is 4.69. The van der Waals surface area contributed by atoms with Crippen molar-refractivity contribution in [2.24, 2.45) is 0 Å². The number of nitrogens with zero attached hydrogens (tertiary/aromatic N) is 1. The molecule has 114 valence electrons. The molecule has 0 saturated carbocycles. The second kappa shape index (κ2) is 6.57. The molecule has 6 nitrogen and oxygen atoms in total. The first-order chi connectivity index (χ1) is 9.67. The molecule has 3 N–H and O–H groups in total. The normalized spacial score (nSPS) is 15.5. The zero-order valence-electron chi connectivity index (χ0n) is 11.3. The van der Waals surface area contributed by atoms with Gasteiger partial charge in [-0.25, -0.2) is 18.1 Å². The number of hydrogen-bond acceptors (Lipinski definition) is 4. The first-order valence-corrected chi connectivity index (χ1v) is 7.95. The highest BCUT2D eigenvalue weighted by Crippen LogP contribution is 2.20. The molecule has 0 bridgehead atoms. The maximum Gasteiger partial charge on any atom is 0.243 e. The molecule has 0 unspecified atom stereocenters. The van der Waals surface area contributed by atoms with Crippen LogP contribution in [0.3, 0.4) is 0 Å². The lowest BCUT2D eigenvalue weighted by atomic mass is 10.1. The van der Waals surface area contributed by atoms with Gasteiger partial charge in [-0.2, -0.15) is 0 Å². The van der Waals surface area contributed by atoms with E-state index in [2.05, 4.69) is 20.0 Å². The number of sulfonamides is 1. The van der Waals surface area contributed by atoms with Gasteiger partial charge in [-0.1, -0.05) is 11.6 Å². The van der Waals surface area contributed by atoms with Crippen LogP contribution in [0.15, 0.2) is 41.1 Å². The molecule has 0 aromatic carbocycles. The topological polar surface area (TPSA) is 86.9 Å². The Morgan fingerprint density at radius 1 is 1.38 bits per heavy atom. The number of nitrogens with one attached hydrogen (secondary N) is 3. The number of pyridine rings is 1. The summed E-state index contributed by atoms with van der Waals surface area (Å²) in [4.78, 5) is 7.22. The van der Waals surface area contributed by atoms with Crippen LogP contribution >= 0.6 is 12.4 Å². The minimum absolute atomic E-state index is 0. The van der Waals surface area contributed by atoms with Gasteiger partial charge in [0.2, 0.25) is 10.0 Å². The van der Waals surface area contributed by atoms with Gasteiger partial charge >= 0.3 is 0 Å². The van der Waals surface area contributed by atoms with Crippen molar-refractivity contribution in [1.29, 1.82) is 0 Å². The summed E-state index contributed by atoms with van der Waals surface area (Å²) < 4.78 is 27.3. The number of fused-ring (bicyclic) bond motifs is 1. The fourth-order valence-electron chi connectivity index (χ4n) is 2.25. The largest absolute Gasteiger partial charge is 0.345 e. The van der Waals surface area contributed by atoms with Crippen LogP contribution in [-0.2, 0) is 10.0 Å². The highest BCUT2D eigenvalue weighted by molar-refractivity contribution is 7.89. The van der Waals surface area contributed by atoms with E-state index in [0.717, 1.165) is 25.1 Å². The molecular weight excluding hydrogens is 312 g/mol. The molecule has 2 aromatic heterocycles. The van der Waals surface area contributed by atoms with Crippen molar-refractivity contribution in [2.75, 3.05) is 19.6 Å². The van der Waals surface area contributed by atoms with Gasteiger partial charge in [-0.3, -0.25) is 0 Å². The van der Waals surface area contributed by atoms with E-state index in [1.165, 1.54) is 6.20 Å². The zero-order chi connectivity index (χ0) is 14.0. The summed E-state index contributed by atoms with van der Waals surface area (Å²) in [6.07, 6.45) is 6.01. The molecule has 3 heterocycles. The SMILES string of the molecule is Cl.O=S(=O)(NCC1=CCNCC1)c1c[nH]c2ncccc12. The maximum absolute atomic E-state index is 12.3. The molecule has 0 atom stereocenters. The number of rotatable bonds is 4. The third-order valence-electron chi connectivity index (χ3n) is 3.35. The molecule has 1 aliphatic heterocycles. The van der Waals surface area contributed by atoms with Crippen molar-refractivity contribution in [1.82, 2.24) is 20.0 Å². The van der Waals surface area contributed by atoms with Crippen molar-refractivity contribution in [3.05, 3.63) is 36.2 Å². The molecule has 0 amide bonds. The third kappa shape index (κ3) is 3.44. The zero-order valence-corrected chi connectivity index (χ0v) is 12.9. The summed E-state index contributed by atoms with van der Waals surface area (Å²) in [6.45, 7) is 2.05. The van der Waals surface area contributed by atoms with Crippen molar-refractivity contribution < 1.29 is 8.42 Å². The number of H-pyrrole nitrogens is 1. The van der Waals surface area contributed by atoms with Gasteiger partial charge in [0.25, 0.3) is 0 Å². The number of aromatic amines is 1. The molecule has 0 spiro atoms. The Morgan fingerprint density at radius 2 is 2.24 bits per heavy atom. The molecule has 21 heavy (non-hydrogen) atoms. The lowest BCUT2D eigenvalue weighted by molar-refractivity contribution is 0.583. The van der Waals surface area contributed by atoms with Crippen LogP contribution in [0.25, 0.3) is 11.0 Å². The van der Waals surface area contributed by atoms with Crippen molar-refractivity contribution >= 4 is 33.5 Å². The van der Waals surface area contributed by atoms with E-state index >= 15 is 0 Å². The van der Waals surface area contributed by atoms with Crippen LogP contribution in [0.2, 0.25) is 0 Å². The summed E-state index contributed by atoms with van der Waals surface area (Å²) >= 11 is 0. The Morgan fingerprint density at radius 3 is 3.00 bits per heavy atom. The third-order valence-corrected chi connectivity index (χ3v) is 4.79. The van der Waals surface area contributed by atoms with E-state index in [1.54, 1.807) is 18.3 Å². The van der Waals surface area contributed by atoms with Gasteiger partial charge in [-0.15, -0.1) is 12.4 Å². The Balaban J connectivity index is 0.00000161. The fraction of sp³-hybridized carbons (Fsp3) is 0.308. The second-order valence-corrected chi connectivity index (χ2v) is 6.43. The summed E-state index contributed by atoms with van der Waals surface area (Å²) in [5, 5.41) is 3.81. The Hall–Kier alpha value is -1.41. The van der Waals surface area contributed by atoms with E-state index in [1.807, 2.05) is 6.08 Å². The van der Waals surface area contributed by atoms with Crippen LogP contribution in [0, 0.1) is 0 Å². The Bertz CT molecular complexity index is 754. The van der Waals surface area contributed by atoms with Crippen LogP contribution in [0.5, 0.6) is 0 Å². The monoisotopic (exact) mass is 328 g/mol. The van der Waals surface area contributed by atoms with E-state index < -0.39 is 10.0 Å². The Labute approximate surface area is 129 Å². The smallest absolute Gasteiger partial charge is 0.243 e. The summed E-state index contributed by atoms with van der Waals surface area (Å²) in [6, 6.07) is 3.47. The predicted molar refractivity (Wildman–Crippen MR) is 84.1 cm³/mol. The molecule has 3 rings (SSSR count). The number of aromatic nitrogens is 2. The first kappa shape index (κ1) is 16.0. The quantitative estimate of drug-likeness (QED) is 0.736. The molecule has 8 heteroatoms. The van der Waals surface area contributed by atoms with E-state index in [9.17, 15) is 8.42 Å². The minimum atomic E-state index is -3.53. The standard InChI is InChI=1S/C13H16N4O2S.ClH/c18-20(19,17-8-10-3-6-14-7-4-10)12-9-16-13-11(12)2-1-5-15-13;/h1-3,5,9,14,17H,4,6-8H2,(H,15,16);1H. The average Bonchev–Trinajstić information content (AvgIpc) is 2.91. The van der Waals surface area contributed by atoms with Gasteiger partial charge in [0.1, 0.15) is 10.5 Å². The van der Waals surface area contributed by atoms with Crippen LogP contribution < -0.4 is 10.0 Å². The maximum atomic E-state index is 12.3. The van der Waals surface area contributed by atoms with Crippen molar-refractivity contribution in [2.45, 2.75) is 11.3 Å². The van der Waals surface area contributed by atoms with Crippen LogP contribution in [0.1, 0.15) is 6.42 Å². The van der Waals surface area contributed by atoms with Crippen molar-refractivity contribution in [3.8, 4) is 0 Å². The van der Waals surface area contributed by atoms with Crippen LogP contribution in [-0.4, -0.2) is 38.0 Å². The lowest BCUT2D eigenvalue weighted by Gasteiger charge is -2.14. The van der Waals surface area contributed by atoms with Crippen LogP contribution in [0.4, 0.5) is 0 Å². The molecule has 1 aliphatic rings. The van der Waals surface area contributed by atoms with Gasteiger partial charge in [-0.05, 0) is 25.1 Å². The highest BCUT2D eigenvalue weighted by Gasteiger charge is 2.19. The highest BCUT2D eigenvalue weighted by atomic mass is 35.5. The van der Waals surface area contributed by atoms with E-state index in [4.69, 9.17) is 0 Å². The lowest BCUT2D eigenvalue weighted by Crippen LogP contribution is -2.29. The fourth-order valence-corrected chi connectivity index (χ4v) is 3.45. The van der Waals surface area contributed by atoms with E-state index in [0.29, 0.717) is 17.6 Å².